The Kier molecular flexibility index (Phi) is 9.25. The van der Waals surface area contributed by atoms with Crippen LogP contribution in [0.2, 0.25) is 0 Å². The number of carbonyl (C=O) groups is 1. The van der Waals surface area contributed by atoms with Crippen LogP contribution in [-0.2, 0) is 16.2 Å². The number of pyridine rings is 1. The monoisotopic (exact) mass is 628 g/mol. The number of oxime groups is 1. The molecule has 12 heteroatoms. The molecule has 0 N–H and O–H groups in total. The Morgan fingerprint density at radius 3 is 2.28 bits per heavy atom. The lowest BCUT2D eigenvalue weighted by Crippen LogP contribution is -2.49. The third kappa shape index (κ3) is 6.43. The maximum atomic E-state index is 13.2. The Balaban J connectivity index is 1.19. The number of carbonyl (C=O) groups excluding carboxylic acids is 1. The number of rotatable bonds is 11. The quantitative estimate of drug-likeness (QED) is 0.178. The molecule has 0 spiro atoms. The van der Waals surface area contributed by atoms with Gasteiger partial charge >= 0.3 is 0 Å². The number of hydrogen-bond acceptors (Lipinski definition) is 11. The number of aromatic nitrogens is 1. The second-order valence-electron chi connectivity index (χ2n) is 10.7. The Bertz CT molecular complexity index is 1750. The summed E-state index contributed by atoms with van der Waals surface area (Å²) in [6.45, 7) is 3.46. The van der Waals surface area contributed by atoms with Gasteiger partial charge in [-0.3, -0.25) is 14.7 Å². The molecule has 0 aliphatic carbocycles. The predicted molar refractivity (Wildman–Crippen MR) is 170 cm³/mol. The van der Waals surface area contributed by atoms with Crippen LogP contribution in [0, 0.1) is 0 Å². The van der Waals surface area contributed by atoms with Crippen LogP contribution in [0.25, 0.3) is 10.8 Å². The van der Waals surface area contributed by atoms with Crippen LogP contribution in [0.1, 0.15) is 16.8 Å². The Morgan fingerprint density at radius 2 is 1.52 bits per heavy atom. The molecule has 1 fully saturated rings. The number of nitrogens with zero attached hydrogens (tertiary/aromatic N) is 4. The molecule has 2 aliphatic rings. The van der Waals surface area contributed by atoms with E-state index >= 15 is 0 Å². The van der Waals surface area contributed by atoms with Gasteiger partial charge in [0, 0.05) is 49.9 Å². The minimum atomic E-state index is -0.221. The Morgan fingerprint density at radius 1 is 0.804 bits per heavy atom. The molecule has 0 unspecified atom stereocenters. The first-order valence-electron chi connectivity index (χ1n) is 14.8. The second-order valence-corrected chi connectivity index (χ2v) is 10.7. The van der Waals surface area contributed by atoms with Crippen LogP contribution in [0.4, 0.5) is 0 Å². The minimum Gasteiger partial charge on any atom is -0.493 e. The molecular weight excluding hydrogens is 592 g/mol. The van der Waals surface area contributed by atoms with Crippen molar-refractivity contribution in [2.45, 2.75) is 6.54 Å². The first-order valence-corrected chi connectivity index (χ1v) is 14.8. The predicted octanol–water partition coefficient (Wildman–Crippen LogP) is 4.11. The van der Waals surface area contributed by atoms with Gasteiger partial charge in [0.25, 0.3) is 5.91 Å². The summed E-state index contributed by atoms with van der Waals surface area (Å²) in [5.74, 6) is 3.62. The highest BCUT2D eigenvalue weighted by molar-refractivity contribution is 6.18. The van der Waals surface area contributed by atoms with Gasteiger partial charge < -0.3 is 38.2 Å². The van der Waals surface area contributed by atoms with Gasteiger partial charge in [0.2, 0.25) is 6.79 Å². The molecule has 3 heterocycles. The number of amides is 1. The second kappa shape index (κ2) is 13.8. The molecule has 6 rings (SSSR count). The lowest BCUT2D eigenvalue weighted by molar-refractivity contribution is -0.137. The van der Waals surface area contributed by atoms with Gasteiger partial charge in [0.1, 0.15) is 11.4 Å². The normalized spacial score (nSPS) is 14.7. The van der Waals surface area contributed by atoms with E-state index in [2.05, 4.69) is 15.0 Å². The number of methoxy groups -OCH3 is 4. The van der Waals surface area contributed by atoms with Gasteiger partial charge in [-0.2, -0.15) is 0 Å². The van der Waals surface area contributed by atoms with Crippen molar-refractivity contribution in [2.75, 3.05) is 68.0 Å². The summed E-state index contributed by atoms with van der Waals surface area (Å²) in [5, 5.41) is 6.12. The van der Waals surface area contributed by atoms with E-state index in [0.717, 1.165) is 47.5 Å². The molecule has 0 atom stereocenters. The summed E-state index contributed by atoms with van der Waals surface area (Å²) in [7, 11) is 6.31. The van der Waals surface area contributed by atoms with E-state index in [1.807, 2.05) is 42.5 Å². The zero-order chi connectivity index (χ0) is 32.0. The maximum absolute atomic E-state index is 13.2. The summed E-state index contributed by atoms with van der Waals surface area (Å²) in [4.78, 5) is 27.7. The van der Waals surface area contributed by atoms with Gasteiger partial charge in [-0.1, -0.05) is 11.2 Å². The number of hydrogen-bond donors (Lipinski definition) is 0. The average molecular weight is 629 g/mol. The first-order chi connectivity index (χ1) is 22.5. The summed E-state index contributed by atoms with van der Waals surface area (Å²) in [5.41, 5.74) is 2.76. The van der Waals surface area contributed by atoms with Crippen LogP contribution in [0.15, 0.2) is 65.9 Å². The van der Waals surface area contributed by atoms with E-state index in [9.17, 15) is 4.79 Å². The Labute approximate surface area is 267 Å². The molecule has 1 aromatic heterocycles. The summed E-state index contributed by atoms with van der Waals surface area (Å²) in [6, 6.07) is 17.0. The van der Waals surface area contributed by atoms with Crippen molar-refractivity contribution in [3.8, 4) is 34.5 Å². The standard InChI is InChI=1S/C34H36N4O8/c1-40-26-8-6-24(17-28(26)41-2)33(34-25-18-30(43-4)29(42-3)16-23(25)9-10-35-34)36-46-20-32(39)38-13-11-37(12-14-38)19-22-5-7-27-31(15-22)45-21-44-27/h5-10,15-18H,11-14,19-21H2,1-4H3. The van der Waals surface area contributed by atoms with Gasteiger partial charge in [-0.25, -0.2) is 0 Å². The SMILES string of the molecule is COc1ccc(C(=NOCC(=O)N2CCN(Cc3ccc4c(c3)OCO4)CC2)c2nccc3cc(OC)c(OC)cc23)cc1OC. The maximum Gasteiger partial charge on any atom is 0.263 e. The fraction of sp³-hybridized carbons (Fsp3) is 0.324. The molecule has 3 aromatic carbocycles. The van der Waals surface area contributed by atoms with Crippen molar-refractivity contribution >= 4 is 22.4 Å². The van der Waals surface area contributed by atoms with Crippen LogP contribution < -0.4 is 28.4 Å². The number of ether oxygens (including phenoxy) is 6. The molecule has 1 saturated heterocycles. The largest absolute Gasteiger partial charge is 0.493 e. The molecule has 12 nitrogen and oxygen atoms in total. The molecule has 240 valence electrons. The van der Waals surface area contributed by atoms with Crippen molar-refractivity contribution in [3.63, 3.8) is 0 Å². The van der Waals surface area contributed by atoms with E-state index in [1.165, 1.54) is 0 Å². The van der Waals surface area contributed by atoms with E-state index in [4.69, 9.17) is 33.3 Å². The first kappa shape index (κ1) is 30.8. The summed E-state index contributed by atoms with van der Waals surface area (Å²) in [6.07, 6.45) is 1.69. The lowest BCUT2D eigenvalue weighted by atomic mass is 10.0. The number of benzene rings is 3. The van der Waals surface area contributed by atoms with Gasteiger partial charge in [0.15, 0.2) is 41.1 Å². The zero-order valence-electron chi connectivity index (χ0n) is 26.3. The number of piperazine rings is 1. The van der Waals surface area contributed by atoms with E-state index in [-0.39, 0.29) is 19.3 Å². The van der Waals surface area contributed by atoms with Crippen LogP contribution >= 0.6 is 0 Å². The molecule has 46 heavy (non-hydrogen) atoms. The highest BCUT2D eigenvalue weighted by atomic mass is 16.7. The molecule has 0 saturated carbocycles. The molecule has 0 radical (unpaired) electrons. The average Bonchev–Trinajstić information content (AvgIpc) is 3.57. The van der Waals surface area contributed by atoms with Crippen molar-refractivity contribution < 1.29 is 38.1 Å². The van der Waals surface area contributed by atoms with Crippen LogP contribution in [-0.4, -0.2) is 94.4 Å². The highest BCUT2D eigenvalue weighted by Gasteiger charge is 2.23. The molecular formula is C34H36N4O8. The topological polar surface area (TPSA) is 113 Å². The fourth-order valence-corrected chi connectivity index (χ4v) is 5.60. The smallest absolute Gasteiger partial charge is 0.263 e. The van der Waals surface area contributed by atoms with Crippen LogP contribution in [0.3, 0.4) is 0 Å². The van der Waals surface area contributed by atoms with E-state index in [1.54, 1.807) is 51.7 Å². The van der Waals surface area contributed by atoms with Gasteiger partial charge in [0.05, 0.1) is 28.4 Å². The van der Waals surface area contributed by atoms with E-state index in [0.29, 0.717) is 53.1 Å². The van der Waals surface area contributed by atoms with Gasteiger partial charge in [-0.15, -0.1) is 0 Å². The third-order valence-electron chi connectivity index (χ3n) is 8.06. The van der Waals surface area contributed by atoms with Crippen molar-refractivity contribution in [3.05, 3.63) is 77.6 Å². The van der Waals surface area contributed by atoms with E-state index < -0.39 is 0 Å². The van der Waals surface area contributed by atoms with Crippen molar-refractivity contribution in [2.24, 2.45) is 5.16 Å². The van der Waals surface area contributed by atoms with Crippen LogP contribution in [0.5, 0.6) is 34.5 Å². The molecule has 1 amide bonds. The Hall–Kier alpha value is -5.23. The molecule has 0 bridgehead atoms. The highest BCUT2D eigenvalue weighted by Crippen LogP contribution is 2.35. The third-order valence-corrected chi connectivity index (χ3v) is 8.06. The number of fused-ring (bicyclic) bond motifs is 2. The summed E-state index contributed by atoms with van der Waals surface area (Å²) >= 11 is 0. The summed E-state index contributed by atoms with van der Waals surface area (Å²) < 4.78 is 33.0. The van der Waals surface area contributed by atoms with Crippen molar-refractivity contribution in [1.82, 2.24) is 14.8 Å². The van der Waals surface area contributed by atoms with Gasteiger partial charge in [-0.05, 0) is 59.5 Å². The molecule has 2 aliphatic heterocycles. The van der Waals surface area contributed by atoms with Crippen molar-refractivity contribution in [1.29, 1.82) is 0 Å². The lowest BCUT2D eigenvalue weighted by Gasteiger charge is -2.34. The fourth-order valence-electron chi connectivity index (χ4n) is 5.60. The zero-order valence-corrected chi connectivity index (χ0v) is 26.3. The molecule has 4 aromatic rings. The minimum absolute atomic E-state index is 0.143.